The number of hydrogen-bond acceptors (Lipinski definition) is 5. The Hall–Kier alpha value is -2.90. The Morgan fingerprint density at radius 3 is 2.14 bits per heavy atom. The molecule has 1 N–H and O–H groups in total. The Kier molecular flexibility index (Phi) is 6.09. The van der Waals surface area contributed by atoms with E-state index in [4.69, 9.17) is 27.9 Å². The molecule has 182 valence electrons. The van der Waals surface area contributed by atoms with E-state index in [1.807, 2.05) is 32.0 Å². The molecule has 2 saturated carbocycles. The number of carbonyl (C=O) groups is 4. The Morgan fingerprint density at radius 1 is 0.971 bits per heavy atom. The number of para-hydroxylation sites is 1. The highest BCUT2D eigenvalue weighted by molar-refractivity contribution is 6.32. The van der Waals surface area contributed by atoms with Crippen molar-refractivity contribution in [2.24, 2.45) is 23.7 Å². The first-order chi connectivity index (χ1) is 16.7. The first-order valence-corrected chi connectivity index (χ1v) is 12.4. The molecule has 0 aromatic heterocycles. The summed E-state index contributed by atoms with van der Waals surface area (Å²) in [6, 6.07) is 11.8. The second kappa shape index (κ2) is 8.95. The molecule has 1 aliphatic heterocycles. The number of nitrogens with one attached hydrogen (secondary N) is 1. The van der Waals surface area contributed by atoms with Crippen LogP contribution >= 0.6 is 23.2 Å². The molecular weight excluding hydrogens is 491 g/mol. The zero-order chi connectivity index (χ0) is 25.0. The monoisotopic (exact) mass is 514 g/mol. The molecule has 3 amide bonds. The largest absolute Gasteiger partial charge is 0.452 e. The normalized spacial score (nSPS) is 28.9. The van der Waals surface area contributed by atoms with Crippen molar-refractivity contribution in [3.8, 4) is 0 Å². The van der Waals surface area contributed by atoms with Gasteiger partial charge in [-0.1, -0.05) is 24.3 Å². The Balaban J connectivity index is 1.27. The van der Waals surface area contributed by atoms with Crippen LogP contribution in [0.2, 0.25) is 0 Å². The highest BCUT2D eigenvalue weighted by Gasteiger charge is 2.66. The van der Waals surface area contributed by atoms with Crippen LogP contribution < -0.4 is 10.2 Å². The van der Waals surface area contributed by atoms with Crippen LogP contribution in [0.15, 0.2) is 42.5 Å². The van der Waals surface area contributed by atoms with Crippen molar-refractivity contribution in [1.82, 2.24) is 0 Å². The molecule has 35 heavy (non-hydrogen) atoms. The fraction of sp³-hybridized carbons (Fsp3) is 0.385. The van der Waals surface area contributed by atoms with Gasteiger partial charge in [0.05, 0.1) is 33.8 Å². The number of rotatable bonds is 5. The van der Waals surface area contributed by atoms with Crippen LogP contribution in [0.1, 0.15) is 27.9 Å². The molecule has 2 bridgehead atoms. The van der Waals surface area contributed by atoms with Gasteiger partial charge in [0.25, 0.3) is 5.91 Å². The topological polar surface area (TPSA) is 92.8 Å². The maximum absolute atomic E-state index is 13.2. The molecule has 2 aromatic carbocycles. The first-order valence-electron chi connectivity index (χ1n) is 11.5. The third-order valence-corrected chi connectivity index (χ3v) is 8.73. The summed E-state index contributed by atoms with van der Waals surface area (Å²) >= 11 is 12.8. The summed E-state index contributed by atoms with van der Waals surface area (Å²) in [5.74, 6) is -3.02. The lowest BCUT2D eigenvalue weighted by Crippen LogP contribution is -2.37. The summed E-state index contributed by atoms with van der Waals surface area (Å²) in [6.45, 7) is 3.28. The summed E-state index contributed by atoms with van der Waals surface area (Å²) in [7, 11) is 0. The van der Waals surface area contributed by atoms with Gasteiger partial charge in [0.15, 0.2) is 6.61 Å². The van der Waals surface area contributed by atoms with Crippen molar-refractivity contribution in [1.29, 1.82) is 0 Å². The predicted octanol–water partition coefficient (Wildman–Crippen LogP) is 4.07. The minimum atomic E-state index is -0.732. The number of hydrogen-bond donors (Lipinski definition) is 1. The lowest BCUT2D eigenvalue weighted by molar-refractivity contribution is -0.123. The minimum Gasteiger partial charge on any atom is -0.452 e. The van der Waals surface area contributed by atoms with Gasteiger partial charge < -0.3 is 10.1 Å². The molecule has 0 radical (unpaired) electrons. The molecule has 9 heteroatoms. The molecular formula is C26H24Cl2N2O5. The van der Waals surface area contributed by atoms with Crippen molar-refractivity contribution in [3.05, 3.63) is 59.2 Å². The number of fused-ring (bicyclic) bond motifs is 5. The minimum absolute atomic E-state index is 0.126. The van der Waals surface area contributed by atoms with Crippen LogP contribution in [-0.4, -0.2) is 41.1 Å². The summed E-state index contributed by atoms with van der Waals surface area (Å²) in [6.07, 6.45) is 0.680. The van der Waals surface area contributed by atoms with E-state index in [-0.39, 0.29) is 40.0 Å². The van der Waals surface area contributed by atoms with Crippen LogP contribution in [0.5, 0.6) is 0 Å². The van der Waals surface area contributed by atoms with Gasteiger partial charge in [-0.05, 0) is 61.4 Å². The van der Waals surface area contributed by atoms with Crippen molar-refractivity contribution in [3.63, 3.8) is 0 Å². The lowest BCUT2D eigenvalue weighted by Gasteiger charge is -2.28. The van der Waals surface area contributed by atoms with Gasteiger partial charge in [0.1, 0.15) is 0 Å². The SMILES string of the molecule is Cc1cccc(C)c1NC(=O)COC(=O)c1cccc(N2C(=O)[C@@H]3[C@H]4C[C@@H]([C@@H](Cl)[C@H]4Cl)[C@H]3C2=O)c1. The third-order valence-electron chi connectivity index (χ3n) is 7.41. The summed E-state index contributed by atoms with van der Waals surface area (Å²) in [5, 5.41) is 2.09. The van der Waals surface area contributed by atoms with E-state index in [0.29, 0.717) is 17.8 Å². The highest BCUT2D eigenvalue weighted by atomic mass is 35.5. The number of ether oxygens (including phenoxy) is 1. The second-order valence-corrected chi connectivity index (χ2v) is 10.5. The molecule has 7 nitrogen and oxygen atoms in total. The maximum Gasteiger partial charge on any atom is 0.338 e. The van der Waals surface area contributed by atoms with E-state index in [1.54, 1.807) is 12.1 Å². The summed E-state index contributed by atoms with van der Waals surface area (Å²) in [5.41, 5.74) is 2.90. The molecule has 3 aliphatic rings. The van der Waals surface area contributed by atoms with Gasteiger partial charge in [-0.2, -0.15) is 0 Å². The molecule has 2 aromatic rings. The number of esters is 1. The van der Waals surface area contributed by atoms with Crippen LogP contribution in [0.25, 0.3) is 0 Å². The first kappa shape index (κ1) is 23.8. The molecule has 0 unspecified atom stereocenters. The van der Waals surface area contributed by atoms with E-state index in [9.17, 15) is 19.2 Å². The van der Waals surface area contributed by atoms with Crippen molar-refractivity contribution in [2.75, 3.05) is 16.8 Å². The van der Waals surface area contributed by atoms with Gasteiger partial charge in [0, 0.05) is 5.69 Å². The van der Waals surface area contributed by atoms with Gasteiger partial charge in [-0.15, -0.1) is 23.2 Å². The Labute approximate surface area is 212 Å². The number of alkyl halides is 2. The number of halogens is 2. The summed E-state index contributed by atoms with van der Waals surface area (Å²) < 4.78 is 5.19. The molecule has 2 aliphatic carbocycles. The molecule has 3 fully saturated rings. The number of imide groups is 1. The van der Waals surface area contributed by atoms with Crippen LogP contribution in [0.3, 0.4) is 0 Å². The zero-order valence-corrected chi connectivity index (χ0v) is 20.7. The van der Waals surface area contributed by atoms with E-state index >= 15 is 0 Å². The zero-order valence-electron chi connectivity index (χ0n) is 19.2. The predicted molar refractivity (Wildman–Crippen MR) is 132 cm³/mol. The highest BCUT2D eigenvalue weighted by Crippen LogP contribution is 2.59. The van der Waals surface area contributed by atoms with E-state index in [1.165, 1.54) is 12.1 Å². The number of amides is 3. The quantitative estimate of drug-likeness (QED) is 0.368. The number of benzene rings is 2. The average molecular weight is 515 g/mol. The fourth-order valence-electron chi connectivity index (χ4n) is 5.78. The molecule has 6 atom stereocenters. The number of aryl methyl sites for hydroxylation is 2. The van der Waals surface area contributed by atoms with Gasteiger partial charge in [0.2, 0.25) is 11.8 Å². The lowest BCUT2D eigenvalue weighted by atomic mass is 9.80. The maximum atomic E-state index is 13.2. The molecule has 1 heterocycles. The van der Waals surface area contributed by atoms with E-state index < -0.39 is 30.3 Å². The smallest absolute Gasteiger partial charge is 0.338 e. The van der Waals surface area contributed by atoms with E-state index in [2.05, 4.69) is 5.32 Å². The van der Waals surface area contributed by atoms with Crippen molar-refractivity contribution >= 4 is 58.3 Å². The fourth-order valence-corrected chi connectivity index (χ4v) is 6.67. The number of nitrogens with zero attached hydrogens (tertiary/aromatic N) is 1. The van der Waals surface area contributed by atoms with E-state index in [0.717, 1.165) is 16.0 Å². The van der Waals surface area contributed by atoms with Crippen molar-refractivity contribution < 1.29 is 23.9 Å². The van der Waals surface area contributed by atoms with Crippen LogP contribution in [0.4, 0.5) is 11.4 Å². The second-order valence-electron chi connectivity index (χ2n) is 9.46. The van der Waals surface area contributed by atoms with Gasteiger partial charge in [-0.3, -0.25) is 19.3 Å². The van der Waals surface area contributed by atoms with Gasteiger partial charge >= 0.3 is 5.97 Å². The number of anilines is 2. The van der Waals surface area contributed by atoms with Crippen LogP contribution in [0, 0.1) is 37.5 Å². The Morgan fingerprint density at radius 2 is 1.54 bits per heavy atom. The Bertz CT molecular complexity index is 1200. The molecule has 0 spiro atoms. The van der Waals surface area contributed by atoms with Crippen molar-refractivity contribution in [2.45, 2.75) is 31.0 Å². The standard InChI is InChI=1S/C26H24Cl2N2O5/c1-12-5-3-6-13(2)23(12)29-18(31)11-35-26(34)14-7-4-8-15(9-14)30-24(32)19-16-10-17(20(19)25(30)33)22(28)21(16)27/h3-9,16-17,19-22H,10-11H2,1-2H3,(H,29,31)/t16-,17-,19-,20-,21-,22+/m1/s1. The number of carbonyl (C=O) groups excluding carboxylic acids is 4. The third kappa shape index (κ3) is 3.91. The van der Waals surface area contributed by atoms with Crippen LogP contribution in [-0.2, 0) is 19.1 Å². The summed E-state index contributed by atoms with van der Waals surface area (Å²) in [4.78, 5) is 52.5. The molecule has 5 rings (SSSR count). The van der Waals surface area contributed by atoms with Gasteiger partial charge in [-0.25, -0.2) is 4.79 Å². The molecule has 1 saturated heterocycles. The average Bonchev–Trinajstić information content (AvgIpc) is 3.44.